The molecule has 0 saturated carbocycles. The van der Waals surface area contributed by atoms with Crippen LogP contribution in [0.3, 0.4) is 0 Å². The average Bonchev–Trinajstić information content (AvgIpc) is 3.85. The third-order valence-corrected chi connectivity index (χ3v) is 17.3. The molecule has 0 bridgehead atoms. The van der Waals surface area contributed by atoms with Crippen LogP contribution in [-0.4, -0.2) is 0 Å². The lowest BCUT2D eigenvalue weighted by molar-refractivity contribution is 0.589. The summed E-state index contributed by atoms with van der Waals surface area (Å²) in [6.45, 7) is 28.2. The zero-order chi connectivity index (χ0) is 51.1. The smallest absolute Gasteiger partial charge is 0.00264 e. The fourth-order valence-electron chi connectivity index (χ4n) is 13.0. The van der Waals surface area contributed by atoms with Gasteiger partial charge >= 0.3 is 0 Å². The minimum atomic E-state index is -0.0633. The number of hydrogen-bond donors (Lipinski definition) is 0. The molecular weight excluding hydrogens is 889 g/mol. The van der Waals surface area contributed by atoms with Crippen molar-refractivity contribution in [2.75, 3.05) is 0 Å². The molecule has 0 heterocycles. The summed E-state index contributed by atoms with van der Waals surface area (Å²) < 4.78 is 0. The summed E-state index contributed by atoms with van der Waals surface area (Å²) in [4.78, 5) is 0. The van der Waals surface area contributed by atoms with Crippen LogP contribution in [0.15, 0.2) is 170 Å². The third-order valence-electron chi connectivity index (χ3n) is 17.3. The molecule has 0 aromatic heterocycles. The first-order valence-electron chi connectivity index (χ1n) is 27.0. The molecule has 14 rings (SSSR count). The van der Waals surface area contributed by atoms with E-state index in [4.69, 9.17) is 0 Å². The Hall–Kier alpha value is -7.54. The number of fused-ring (bicyclic) bond motifs is 13. The minimum Gasteiger partial charge on any atom is -0.0610 e. The van der Waals surface area contributed by atoms with Gasteiger partial charge in [-0.3, -0.25) is 0 Å². The monoisotopic (exact) mass is 953 g/mol. The molecule has 360 valence electrons. The van der Waals surface area contributed by atoms with E-state index in [0.29, 0.717) is 0 Å². The number of hydrogen-bond acceptors (Lipinski definition) is 0. The topological polar surface area (TPSA) is 0 Å². The van der Waals surface area contributed by atoms with Gasteiger partial charge in [-0.1, -0.05) is 204 Å². The van der Waals surface area contributed by atoms with Crippen LogP contribution in [0, 0.1) is 0 Å². The van der Waals surface area contributed by atoms with E-state index in [1.165, 1.54) is 164 Å². The zero-order valence-electron chi connectivity index (χ0n) is 45.2. The molecule has 0 saturated heterocycles. The lowest BCUT2D eigenvalue weighted by Crippen LogP contribution is -2.12. The summed E-state index contributed by atoms with van der Waals surface area (Å²) in [6, 6.07) is 67.5. The largest absolute Gasteiger partial charge is 0.0610 e. The highest BCUT2D eigenvalue weighted by Crippen LogP contribution is 2.55. The van der Waals surface area contributed by atoms with Crippen LogP contribution in [-0.2, 0) is 21.7 Å². The van der Waals surface area contributed by atoms with Crippen molar-refractivity contribution in [2.24, 2.45) is 0 Å². The molecule has 0 N–H and O–H groups in total. The Balaban J connectivity index is 1.21. The molecule has 0 nitrogen and oxygen atoms in total. The predicted molar refractivity (Wildman–Crippen MR) is 324 cm³/mol. The highest BCUT2D eigenvalue weighted by molar-refractivity contribution is 6.30. The summed E-state index contributed by atoms with van der Waals surface area (Å²) in [5, 5.41) is 18.2. The molecule has 0 unspecified atom stereocenters. The maximum Gasteiger partial charge on any atom is -0.00264 e. The average molecular weight is 953 g/mol. The molecule has 74 heavy (non-hydrogen) atoms. The Kier molecular flexibility index (Phi) is 9.17. The summed E-state index contributed by atoms with van der Waals surface area (Å²) in [6.07, 6.45) is 0. The highest BCUT2D eigenvalue weighted by atomic mass is 14.3. The van der Waals surface area contributed by atoms with Gasteiger partial charge in [0.25, 0.3) is 0 Å². The molecule has 0 aliphatic heterocycles. The molecule has 0 fully saturated rings. The number of benzene rings is 12. The van der Waals surface area contributed by atoms with Crippen molar-refractivity contribution in [1.29, 1.82) is 0 Å². The van der Waals surface area contributed by atoms with Gasteiger partial charge in [-0.25, -0.2) is 0 Å². The molecule has 12 aromatic rings. The van der Waals surface area contributed by atoms with E-state index in [9.17, 15) is 0 Å². The SMILES string of the molecule is CC(C)(C)c1cc(-c2cc3c4cc5c(cc4c(-c4cc(C(C)(C)C)cc6ccc(C(C)(C)C)cc46)cc3c3cc4c(cc23)-c2cccc3cccc-4c23)-c2cccc3cccc-5c23)c2cc(C(C)(C)C)ccc2c1. The maximum absolute atomic E-state index is 2.61. The van der Waals surface area contributed by atoms with Gasteiger partial charge in [-0.05, 0) is 235 Å². The van der Waals surface area contributed by atoms with Crippen LogP contribution < -0.4 is 0 Å². The molecular formula is C74H64. The van der Waals surface area contributed by atoms with Gasteiger partial charge in [-0.15, -0.1) is 0 Å². The van der Waals surface area contributed by atoms with Gasteiger partial charge < -0.3 is 0 Å². The number of rotatable bonds is 2. The first-order chi connectivity index (χ1) is 35.2. The summed E-state index contributed by atoms with van der Waals surface area (Å²) in [7, 11) is 0. The second kappa shape index (κ2) is 15.0. The van der Waals surface area contributed by atoms with Crippen molar-refractivity contribution in [3.8, 4) is 66.8 Å². The van der Waals surface area contributed by atoms with Gasteiger partial charge in [0.2, 0.25) is 0 Å². The summed E-state index contributed by atoms with van der Waals surface area (Å²) in [5.41, 5.74) is 21.0. The Morgan fingerprint density at radius 2 is 0.473 bits per heavy atom. The second-order valence-corrected chi connectivity index (χ2v) is 26.2. The molecule has 0 radical (unpaired) electrons. The van der Waals surface area contributed by atoms with Crippen molar-refractivity contribution < 1.29 is 0 Å². The predicted octanol–water partition coefficient (Wildman–Crippen LogP) is 21.6. The molecule has 0 atom stereocenters. The first kappa shape index (κ1) is 45.1. The standard InChI is InChI=1S/C74H64/c1-71(2,3)45-27-25-43-29-47(73(7,8)9)33-55(53(43)31-45)61-39-67-66-38-60-52-24-16-20-42-18-14-22-50(70(42)52)58(60)36-64(66)62(56-34-48(74(10,11)12)30-44-26-28-46(32-54(44)56)72(4,5)6)40-68(67)65-37-59-51-23-15-19-41-17-13-21-49(69(41)51)57(59)35-63(61)65/h13-40H,1-12H3. The van der Waals surface area contributed by atoms with Crippen LogP contribution in [0.4, 0.5) is 0 Å². The maximum atomic E-state index is 2.61. The second-order valence-electron chi connectivity index (χ2n) is 26.2. The molecule has 0 heteroatoms. The van der Waals surface area contributed by atoms with Crippen molar-refractivity contribution in [3.05, 3.63) is 192 Å². The van der Waals surface area contributed by atoms with E-state index < -0.39 is 0 Å². The van der Waals surface area contributed by atoms with Crippen molar-refractivity contribution in [1.82, 2.24) is 0 Å². The van der Waals surface area contributed by atoms with Crippen molar-refractivity contribution >= 4 is 75.4 Å². The Labute approximate surface area is 436 Å². The Bertz CT molecular complexity index is 4180. The van der Waals surface area contributed by atoms with Gasteiger partial charge in [0, 0.05) is 0 Å². The fraction of sp³-hybridized carbons (Fsp3) is 0.216. The van der Waals surface area contributed by atoms with Gasteiger partial charge in [-0.2, -0.15) is 0 Å². The fourth-order valence-corrected chi connectivity index (χ4v) is 13.0. The zero-order valence-corrected chi connectivity index (χ0v) is 45.2. The Morgan fingerprint density at radius 1 is 0.189 bits per heavy atom. The highest BCUT2D eigenvalue weighted by Gasteiger charge is 2.29. The van der Waals surface area contributed by atoms with E-state index in [2.05, 4.69) is 253 Å². The summed E-state index contributed by atoms with van der Waals surface area (Å²) in [5.74, 6) is 0. The van der Waals surface area contributed by atoms with E-state index in [-0.39, 0.29) is 21.7 Å². The molecule has 2 aliphatic carbocycles. The van der Waals surface area contributed by atoms with Crippen LogP contribution in [0.5, 0.6) is 0 Å². The van der Waals surface area contributed by atoms with Gasteiger partial charge in [0.1, 0.15) is 0 Å². The quantitative estimate of drug-likeness (QED) is 0.152. The summed E-state index contributed by atoms with van der Waals surface area (Å²) >= 11 is 0. The van der Waals surface area contributed by atoms with E-state index in [1.54, 1.807) is 0 Å². The lowest BCUT2D eigenvalue weighted by atomic mass is 9.78. The van der Waals surface area contributed by atoms with E-state index in [1.807, 2.05) is 0 Å². The van der Waals surface area contributed by atoms with E-state index in [0.717, 1.165) is 0 Å². The third kappa shape index (κ3) is 6.59. The van der Waals surface area contributed by atoms with Crippen molar-refractivity contribution in [3.63, 3.8) is 0 Å². The van der Waals surface area contributed by atoms with Gasteiger partial charge in [0.05, 0.1) is 0 Å². The van der Waals surface area contributed by atoms with Gasteiger partial charge in [0.15, 0.2) is 0 Å². The first-order valence-corrected chi connectivity index (χ1v) is 27.0. The van der Waals surface area contributed by atoms with Crippen LogP contribution >= 0.6 is 0 Å². The normalized spacial score (nSPS) is 13.4. The van der Waals surface area contributed by atoms with Crippen LogP contribution in [0.1, 0.15) is 105 Å². The van der Waals surface area contributed by atoms with Crippen molar-refractivity contribution in [2.45, 2.75) is 105 Å². The molecule has 2 aliphatic rings. The van der Waals surface area contributed by atoms with Crippen LogP contribution in [0.2, 0.25) is 0 Å². The molecule has 0 amide bonds. The lowest BCUT2D eigenvalue weighted by Gasteiger charge is -2.26. The van der Waals surface area contributed by atoms with Crippen LogP contribution in [0.25, 0.3) is 142 Å². The molecule has 12 aromatic carbocycles. The molecule has 0 spiro atoms. The Morgan fingerprint density at radius 3 is 0.797 bits per heavy atom. The minimum absolute atomic E-state index is 0.0135. The van der Waals surface area contributed by atoms with E-state index >= 15 is 0 Å².